The summed E-state index contributed by atoms with van der Waals surface area (Å²) in [6.45, 7) is 2.04. The van der Waals surface area contributed by atoms with Gasteiger partial charge in [0, 0.05) is 48.8 Å². The molecule has 0 aliphatic carbocycles. The molecule has 0 saturated heterocycles. The predicted molar refractivity (Wildman–Crippen MR) is 277 cm³/mol. The molecule has 3 heterocycles. The number of nitrogens with zero attached hydrogens (tertiary/aromatic N) is 2. The lowest BCUT2D eigenvalue weighted by atomic mass is 9.34. The zero-order valence-corrected chi connectivity index (χ0v) is 36.9. The maximum absolute atomic E-state index is 15.5. The minimum absolute atomic E-state index is 0.0822. The van der Waals surface area contributed by atoms with E-state index in [2.05, 4.69) is 223 Å². The van der Waals surface area contributed by atoms with Crippen molar-refractivity contribution >= 4 is 73.7 Å². The number of fused-ring (bicyclic) bond motifs is 7. The Kier molecular flexibility index (Phi) is 9.01. The van der Waals surface area contributed by atoms with Crippen LogP contribution in [0.3, 0.4) is 0 Å². The molecule has 5 heteroatoms. The Balaban J connectivity index is 1.17. The van der Waals surface area contributed by atoms with E-state index in [0.29, 0.717) is 0 Å². The fourth-order valence-corrected chi connectivity index (χ4v) is 11.8. The van der Waals surface area contributed by atoms with E-state index in [9.17, 15) is 0 Å². The minimum Gasteiger partial charge on any atom is -0.310 e. The maximum atomic E-state index is 15.5. The summed E-state index contributed by atoms with van der Waals surface area (Å²) in [6, 6.07) is 80.4. The molecule has 1 aromatic heterocycles. The van der Waals surface area contributed by atoms with Gasteiger partial charge in [0.25, 0.3) is 0 Å². The molecule has 0 atom stereocenters. The molecular formula is C61H40BFN2S. The predicted octanol–water partition coefficient (Wildman–Crippen LogP) is 14.7. The lowest BCUT2D eigenvalue weighted by molar-refractivity contribution is 0.629. The van der Waals surface area contributed by atoms with E-state index in [4.69, 9.17) is 0 Å². The first-order valence-corrected chi connectivity index (χ1v) is 23.4. The van der Waals surface area contributed by atoms with Gasteiger partial charge in [-0.2, -0.15) is 0 Å². The average molecular weight is 863 g/mol. The van der Waals surface area contributed by atoms with Crippen LogP contribution in [0, 0.1) is 12.7 Å². The normalized spacial score (nSPS) is 12.6. The van der Waals surface area contributed by atoms with Crippen LogP contribution < -0.4 is 21.3 Å². The van der Waals surface area contributed by atoms with Crippen molar-refractivity contribution in [1.29, 1.82) is 0 Å². The number of benzene rings is 10. The summed E-state index contributed by atoms with van der Waals surface area (Å²) >= 11 is 1.84. The Hall–Kier alpha value is -7.86. The molecule has 0 saturated carbocycles. The van der Waals surface area contributed by atoms with Gasteiger partial charge in [0.15, 0.2) is 0 Å². The zero-order chi connectivity index (χ0) is 43.9. The molecule has 0 unspecified atom stereocenters. The number of para-hydroxylation sites is 1. The van der Waals surface area contributed by atoms with E-state index in [1.807, 2.05) is 17.8 Å². The van der Waals surface area contributed by atoms with Gasteiger partial charge in [-0.25, -0.2) is 4.39 Å². The summed E-state index contributed by atoms with van der Waals surface area (Å²) in [4.78, 5) is 4.97. The fourth-order valence-electron chi connectivity index (χ4n) is 10.6. The molecule has 13 rings (SSSR count). The first-order valence-electron chi connectivity index (χ1n) is 22.5. The number of aryl methyl sites for hydroxylation is 1. The number of hydrogen-bond donors (Lipinski definition) is 0. The van der Waals surface area contributed by atoms with E-state index in [1.54, 1.807) is 12.1 Å². The van der Waals surface area contributed by atoms with E-state index >= 15 is 4.39 Å². The standard InChI is InChI=1S/C61H40BFN2S/c1-39-25-30-54-51(33-39)50-29-28-46(63)36-56(50)64(54)47-37-57-60-59(38-47)66-58-32-27-45(41-17-8-3-9-18-41)35-53(58)62(60)52-34-44(40-15-6-2-7-16-40)26-31-55(52)65(57)61-48(42-19-10-4-11-20-42)23-14-24-49(61)43-21-12-5-13-22-43/h2-38H,1H3. The Morgan fingerprint density at radius 2 is 1.03 bits per heavy atom. The summed E-state index contributed by atoms with van der Waals surface area (Å²) in [5.74, 6) is -0.255. The van der Waals surface area contributed by atoms with E-state index in [1.165, 1.54) is 54.0 Å². The van der Waals surface area contributed by atoms with Crippen LogP contribution in [0.4, 0.5) is 21.5 Å². The number of aromatic nitrogens is 1. The van der Waals surface area contributed by atoms with Crippen molar-refractivity contribution < 1.29 is 4.39 Å². The van der Waals surface area contributed by atoms with Crippen LogP contribution >= 0.6 is 11.8 Å². The monoisotopic (exact) mass is 862 g/mol. The van der Waals surface area contributed by atoms with Crippen LogP contribution in [0.25, 0.3) is 72.0 Å². The van der Waals surface area contributed by atoms with Crippen molar-refractivity contribution in [1.82, 2.24) is 4.57 Å². The number of anilines is 3. The molecule has 310 valence electrons. The van der Waals surface area contributed by atoms with Crippen molar-refractivity contribution in [2.24, 2.45) is 0 Å². The first-order chi connectivity index (χ1) is 32.6. The third-order valence-corrected chi connectivity index (χ3v) is 14.7. The van der Waals surface area contributed by atoms with Crippen molar-refractivity contribution in [2.45, 2.75) is 16.7 Å². The molecule has 2 aliphatic rings. The Labute approximate surface area is 388 Å². The van der Waals surface area contributed by atoms with Crippen molar-refractivity contribution in [3.05, 3.63) is 236 Å². The smallest absolute Gasteiger partial charge is 0.249 e. The third kappa shape index (κ3) is 6.19. The molecule has 0 N–H and O–H groups in total. The lowest BCUT2D eigenvalue weighted by Crippen LogP contribution is -2.60. The first kappa shape index (κ1) is 38.6. The minimum atomic E-state index is -0.255. The molecule has 10 aromatic carbocycles. The molecule has 66 heavy (non-hydrogen) atoms. The average Bonchev–Trinajstić information content (AvgIpc) is 3.69. The Bertz CT molecular complexity index is 3640. The van der Waals surface area contributed by atoms with Crippen molar-refractivity contribution in [3.8, 4) is 50.2 Å². The molecule has 0 bridgehead atoms. The number of hydrogen-bond acceptors (Lipinski definition) is 2. The van der Waals surface area contributed by atoms with Gasteiger partial charge in [-0.1, -0.05) is 193 Å². The summed E-state index contributed by atoms with van der Waals surface area (Å²) in [7, 11) is 0. The van der Waals surface area contributed by atoms with E-state index in [0.717, 1.165) is 66.8 Å². The number of halogens is 1. The van der Waals surface area contributed by atoms with E-state index < -0.39 is 0 Å². The molecule has 0 radical (unpaired) electrons. The van der Waals surface area contributed by atoms with E-state index in [-0.39, 0.29) is 12.5 Å². The molecule has 0 spiro atoms. The van der Waals surface area contributed by atoms with Crippen LogP contribution in [0.1, 0.15) is 5.56 Å². The zero-order valence-electron chi connectivity index (χ0n) is 36.1. The highest BCUT2D eigenvalue weighted by molar-refractivity contribution is 8.00. The molecule has 0 fully saturated rings. The van der Waals surface area contributed by atoms with Gasteiger partial charge in [-0.05, 0) is 106 Å². The Morgan fingerprint density at radius 3 is 1.68 bits per heavy atom. The summed E-state index contributed by atoms with van der Waals surface area (Å²) in [5.41, 5.74) is 20.5. The van der Waals surface area contributed by atoms with Crippen LogP contribution in [-0.2, 0) is 0 Å². The summed E-state index contributed by atoms with van der Waals surface area (Å²) in [6.07, 6.45) is 0. The van der Waals surface area contributed by atoms with Gasteiger partial charge in [0.2, 0.25) is 6.71 Å². The summed E-state index contributed by atoms with van der Waals surface area (Å²) in [5, 5.41) is 2.14. The van der Waals surface area contributed by atoms with Crippen molar-refractivity contribution in [3.63, 3.8) is 0 Å². The van der Waals surface area contributed by atoms with Gasteiger partial charge in [0.1, 0.15) is 5.82 Å². The second-order valence-corrected chi connectivity index (χ2v) is 18.5. The van der Waals surface area contributed by atoms with Crippen molar-refractivity contribution in [2.75, 3.05) is 4.90 Å². The lowest BCUT2D eigenvalue weighted by Gasteiger charge is -2.42. The van der Waals surface area contributed by atoms with Crippen LogP contribution in [-0.4, -0.2) is 11.3 Å². The second-order valence-electron chi connectivity index (χ2n) is 17.5. The van der Waals surface area contributed by atoms with Gasteiger partial charge in [-0.15, -0.1) is 0 Å². The van der Waals surface area contributed by atoms with Crippen LogP contribution in [0.2, 0.25) is 0 Å². The highest BCUT2D eigenvalue weighted by Crippen LogP contribution is 2.50. The Morgan fingerprint density at radius 1 is 0.424 bits per heavy atom. The molecular weight excluding hydrogens is 823 g/mol. The molecule has 0 amide bonds. The van der Waals surface area contributed by atoms with Gasteiger partial charge in [0.05, 0.1) is 16.7 Å². The maximum Gasteiger partial charge on any atom is 0.249 e. The highest BCUT2D eigenvalue weighted by atomic mass is 32.2. The SMILES string of the molecule is Cc1ccc2c(c1)c1ccc(F)cc1n2-c1cc2c3c(c1)N(c1c(-c4ccccc4)cccc1-c1ccccc1)c1ccc(-c4ccccc4)cc1B3c1cc(-c3ccccc3)ccc1S2. The molecule has 11 aromatic rings. The summed E-state index contributed by atoms with van der Waals surface area (Å²) < 4.78 is 17.8. The fraction of sp³-hybridized carbons (Fsp3) is 0.0164. The second kappa shape index (κ2) is 15.4. The molecule has 2 nitrogen and oxygen atoms in total. The van der Waals surface area contributed by atoms with Crippen LogP contribution in [0.5, 0.6) is 0 Å². The third-order valence-electron chi connectivity index (χ3n) is 13.5. The largest absolute Gasteiger partial charge is 0.310 e. The molecule has 2 aliphatic heterocycles. The van der Waals surface area contributed by atoms with Crippen LogP contribution in [0.15, 0.2) is 234 Å². The van der Waals surface area contributed by atoms with Gasteiger partial charge >= 0.3 is 0 Å². The number of rotatable bonds is 6. The topological polar surface area (TPSA) is 8.17 Å². The highest BCUT2D eigenvalue weighted by Gasteiger charge is 2.43. The van der Waals surface area contributed by atoms with Gasteiger partial charge in [-0.3, -0.25) is 0 Å². The van der Waals surface area contributed by atoms with Gasteiger partial charge < -0.3 is 9.47 Å². The quantitative estimate of drug-likeness (QED) is 0.154.